The summed E-state index contributed by atoms with van der Waals surface area (Å²) >= 11 is 3.36. The highest BCUT2D eigenvalue weighted by Gasteiger charge is 2.30. The summed E-state index contributed by atoms with van der Waals surface area (Å²) in [4.78, 5) is 23.8. The first-order valence-corrected chi connectivity index (χ1v) is 8.44. The molecule has 4 nitrogen and oxygen atoms in total. The molecule has 26 heavy (non-hydrogen) atoms. The second-order valence-electron chi connectivity index (χ2n) is 5.69. The molecular weight excluding hydrogens is 413 g/mol. The predicted octanol–water partition coefficient (Wildman–Crippen LogP) is 3.22. The molecule has 0 aliphatic carbocycles. The normalized spacial score (nSPS) is 12.5. The van der Waals surface area contributed by atoms with Crippen LogP contribution >= 0.6 is 15.9 Å². The number of carbonyl (C=O) groups excluding carboxylic acids is 2. The third-order valence-corrected chi connectivity index (χ3v) is 4.48. The predicted molar refractivity (Wildman–Crippen MR) is 94.1 cm³/mol. The highest BCUT2D eigenvalue weighted by molar-refractivity contribution is 9.10. The highest BCUT2D eigenvalue weighted by Crippen LogP contribution is 2.29. The van der Waals surface area contributed by atoms with E-state index in [0.29, 0.717) is 5.56 Å². The average Bonchev–Trinajstić information content (AvgIpc) is 2.55. The lowest BCUT2D eigenvalue weighted by atomic mass is 10.0. The van der Waals surface area contributed by atoms with Crippen molar-refractivity contribution < 1.29 is 22.8 Å². The molecule has 1 atom stereocenters. The summed E-state index contributed by atoms with van der Waals surface area (Å²) < 4.78 is 38.4. The van der Waals surface area contributed by atoms with Gasteiger partial charge < -0.3 is 11.1 Å². The number of rotatable bonds is 6. The number of nitrogens with two attached hydrogens (primary N) is 1. The molecular formula is C18H16BrF3N2O2. The number of hydrogen-bond acceptors (Lipinski definition) is 2. The molecule has 138 valence electrons. The van der Waals surface area contributed by atoms with Crippen LogP contribution in [0.15, 0.2) is 53.0 Å². The fraction of sp³-hybridized carbons (Fsp3) is 0.222. The molecule has 0 aliphatic heterocycles. The van der Waals surface area contributed by atoms with Gasteiger partial charge in [-0.25, -0.2) is 0 Å². The maximum Gasteiger partial charge on any atom is 0.416 e. The van der Waals surface area contributed by atoms with Crippen molar-refractivity contribution in [3.63, 3.8) is 0 Å². The molecule has 0 saturated carbocycles. The maximum atomic E-state index is 12.5. The summed E-state index contributed by atoms with van der Waals surface area (Å²) in [6, 6.07) is 10.6. The lowest BCUT2D eigenvalue weighted by Crippen LogP contribution is -2.46. The fourth-order valence-corrected chi connectivity index (χ4v) is 2.80. The van der Waals surface area contributed by atoms with E-state index in [2.05, 4.69) is 21.2 Å². The van der Waals surface area contributed by atoms with Gasteiger partial charge in [0.15, 0.2) is 0 Å². The van der Waals surface area contributed by atoms with Gasteiger partial charge in [-0.2, -0.15) is 13.2 Å². The van der Waals surface area contributed by atoms with E-state index in [1.165, 1.54) is 12.1 Å². The van der Waals surface area contributed by atoms with Crippen molar-refractivity contribution in [2.24, 2.45) is 5.73 Å². The Kier molecular flexibility index (Phi) is 6.42. The van der Waals surface area contributed by atoms with E-state index >= 15 is 0 Å². The van der Waals surface area contributed by atoms with E-state index < -0.39 is 29.6 Å². The molecule has 2 aromatic rings. The molecule has 0 saturated heterocycles. The number of halogens is 4. The Bertz CT molecular complexity index is 792. The number of carbonyl (C=O) groups is 2. The number of amides is 2. The highest BCUT2D eigenvalue weighted by atomic mass is 79.9. The van der Waals surface area contributed by atoms with E-state index in [1.54, 1.807) is 18.2 Å². The van der Waals surface area contributed by atoms with Gasteiger partial charge in [-0.3, -0.25) is 9.59 Å². The minimum absolute atomic E-state index is 0.155. The van der Waals surface area contributed by atoms with Gasteiger partial charge in [0.25, 0.3) is 0 Å². The summed E-state index contributed by atoms with van der Waals surface area (Å²) in [6.07, 6.45) is -4.38. The third-order valence-electron chi connectivity index (χ3n) is 3.71. The molecule has 2 aromatic carbocycles. The zero-order valence-corrected chi connectivity index (χ0v) is 15.1. The zero-order chi connectivity index (χ0) is 19.3. The average molecular weight is 429 g/mol. The third kappa shape index (κ3) is 5.59. The molecule has 0 unspecified atom stereocenters. The number of alkyl halides is 3. The summed E-state index contributed by atoms with van der Waals surface area (Å²) in [5.41, 5.74) is 5.76. The molecule has 0 spiro atoms. The maximum absolute atomic E-state index is 12.5. The van der Waals surface area contributed by atoms with Crippen molar-refractivity contribution in [2.75, 3.05) is 0 Å². The Balaban J connectivity index is 2.02. The van der Waals surface area contributed by atoms with Crippen LogP contribution in [0.2, 0.25) is 0 Å². The van der Waals surface area contributed by atoms with Gasteiger partial charge in [0, 0.05) is 10.9 Å². The number of primary amides is 1. The SMILES string of the molecule is NC(=O)[C@H](Cc1ccccc1Br)NC(=O)Cc1ccc(C(F)(F)F)cc1. The van der Waals surface area contributed by atoms with Gasteiger partial charge in [-0.15, -0.1) is 0 Å². The molecule has 0 fully saturated rings. The van der Waals surface area contributed by atoms with Crippen molar-refractivity contribution >= 4 is 27.7 Å². The van der Waals surface area contributed by atoms with Crippen molar-refractivity contribution in [2.45, 2.75) is 25.1 Å². The minimum Gasteiger partial charge on any atom is -0.368 e. The summed E-state index contributed by atoms with van der Waals surface area (Å²) in [6.45, 7) is 0. The second kappa shape index (κ2) is 8.35. The van der Waals surface area contributed by atoms with Gasteiger partial charge in [0.05, 0.1) is 12.0 Å². The quantitative estimate of drug-likeness (QED) is 0.741. The Hall–Kier alpha value is -2.35. The molecule has 8 heteroatoms. The molecule has 0 bridgehead atoms. The van der Waals surface area contributed by atoms with Gasteiger partial charge in [0.2, 0.25) is 11.8 Å². The molecule has 0 aromatic heterocycles. The number of benzene rings is 2. The van der Waals surface area contributed by atoms with Crippen LogP contribution in [0.4, 0.5) is 13.2 Å². The largest absolute Gasteiger partial charge is 0.416 e. The molecule has 2 rings (SSSR count). The Morgan fingerprint density at radius 1 is 1.08 bits per heavy atom. The van der Waals surface area contributed by atoms with E-state index in [-0.39, 0.29) is 12.8 Å². The van der Waals surface area contributed by atoms with Crippen molar-refractivity contribution in [1.82, 2.24) is 5.32 Å². The van der Waals surface area contributed by atoms with Gasteiger partial charge in [-0.05, 0) is 29.3 Å². The summed E-state index contributed by atoms with van der Waals surface area (Å²) in [5, 5.41) is 2.53. The standard InChI is InChI=1S/C18H16BrF3N2O2/c19-14-4-2-1-3-12(14)10-15(17(23)26)24-16(25)9-11-5-7-13(8-6-11)18(20,21)22/h1-8,15H,9-10H2,(H2,23,26)(H,24,25)/t15-/m0/s1. The molecule has 0 aliphatic rings. The first-order valence-electron chi connectivity index (χ1n) is 7.65. The summed E-state index contributed by atoms with van der Waals surface area (Å²) in [5.74, 6) is -1.19. The van der Waals surface area contributed by atoms with Crippen LogP contribution in [0.3, 0.4) is 0 Å². The molecule has 0 heterocycles. The van der Waals surface area contributed by atoms with Crippen LogP contribution in [-0.2, 0) is 28.6 Å². The van der Waals surface area contributed by atoms with Crippen LogP contribution in [0.1, 0.15) is 16.7 Å². The molecule has 0 radical (unpaired) electrons. The van der Waals surface area contributed by atoms with Crippen LogP contribution < -0.4 is 11.1 Å². The zero-order valence-electron chi connectivity index (χ0n) is 13.5. The lowest BCUT2D eigenvalue weighted by Gasteiger charge is -2.16. The van der Waals surface area contributed by atoms with E-state index in [4.69, 9.17) is 5.73 Å². The Labute approximate surface area is 156 Å². The minimum atomic E-state index is -4.43. The smallest absolute Gasteiger partial charge is 0.368 e. The Morgan fingerprint density at radius 3 is 2.23 bits per heavy atom. The van der Waals surface area contributed by atoms with Crippen LogP contribution in [0.25, 0.3) is 0 Å². The lowest BCUT2D eigenvalue weighted by molar-refractivity contribution is -0.137. The number of hydrogen-bond donors (Lipinski definition) is 2. The van der Waals surface area contributed by atoms with Gasteiger partial charge in [-0.1, -0.05) is 46.3 Å². The van der Waals surface area contributed by atoms with E-state index in [1.807, 2.05) is 6.07 Å². The van der Waals surface area contributed by atoms with E-state index in [9.17, 15) is 22.8 Å². The van der Waals surface area contributed by atoms with Crippen LogP contribution in [-0.4, -0.2) is 17.9 Å². The van der Waals surface area contributed by atoms with Crippen molar-refractivity contribution in [3.05, 3.63) is 69.7 Å². The monoisotopic (exact) mass is 428 g/mol. The fourth-order valence-electron chi connectivity index (χ4n) is 2.35. The first-order chi connectivity index (χ1) is 12.2. The van der Waals surface area contributed by atoms with Crippen molar-refractivity contribution in [3.8, 4) is 0 Å². The second-order valence-corrected chi connectivity index (χ2v) is 6.54. The molecule has 2 amide bonds. The topological polar surface area (TPSA) is 72.2 Å². The van der Waals surface area contributed by atoms with Crippen LogP contribution in [0, 0.1) is 0 Å². The number of nitrogens with one attached hydrogen (secondary N) is 1. The van der Waals surface area contributed by atoms with E-state index in [0.717, 1.165) is 22.2 Å². The summed E-state index contributed by atoms with van der Waals surface area (Å²) in [7, 11) is 0. The van der Waals surface area contributed by atoms with Gasteiger partial charge >= 0.3 is 6.18 Å². The first kappa shape index (κ1) is 20.0. The van der Waals surface area contributed by atoms with Crippen LogP contribution in [0.5, 0.6) is 0 Å². The van der Waals surface area contributed by atoms with Gasteiger partial charge in [0.1, 0.15) is 6.04 Å². The molecule has 3 N–H and O–H groups in total. The van der Waals surface area contributed by atoms with Crippen molar-refractivity contribution in [1.29, 1.82) is 0 Å². The Morgan fingerprint density at radius 2 is 1.69 bits per heavy atom.